The van der Waals surface area contributed by atoms with E-state index in [0.717, 1.165) is 12.0 Å². The van der Waals surface area contributed by atoms with E-state index in [0.29, 0.717) is 12.1 Å². The van der Waals surface area contributed by atoms with Crippen molar-refractivity contribution in [1.29, 1.82) is 0 Å². The molecule has 1 atom stereocenters. The second kappa shape index (κ2) is 8.58. The molecule has 2 aromatic rings. The van der Waals surface area contributed by atoms with Crippen LogP contribution in [0, 0.1) is 17.0 Å². The summed E-state index contributed by atoms with van der Waals surface area (Å²) < 4.78 is 0. The van der Waals surface area contributed by atoms with E-state index in [2.05, 4.69) is 36.5 Å². The summed E-state index contributed by atoms with van der Waals surface area (Å²) in [5.41, 5.74) is 2.77. The summed E-state index contributed by atoms with van der Waals surface area (Å²) in [5.74, 6) is -0.433. The van der Waals surface area contributed by atoms with Gasteiger partial charge in [0.05, 0.1) is 11.0 Å². The Kier molecular flexibility index (Phi) is 6.46. The van der Waals surface area contributed by atoms with E-state index < -0.39 is 10.8 Å². The Morgan fingerprint density at radius 1 is 1.19 bits per heavy atom. The monoisotopic (exact) mass is 355 g/mol. The summed E-state index contributed by atoms with van der Waals surface area (Å²) in [6, 6.07) is 13.0. The van der Waals surface area contributed by atoms with Gasteiger partial charge in [0.15, 0.2) is 0 Å². The lowest BCUT2D eigenvalue weighted by molar-refractivity contribution is -0.385. The number of aryl methyl sites for hydroxylation is 2. The van der Waals surface area contributed by atoms with Gasteiger partial charge in [0, 0.05) is 12.1 Å². The van der Waals surface area contributed by atoms with Crippen molar-refractivity contribution in [3.63, 3.8) is 0 Å². The van der Waals surface area contributed by atoms with Crippen LogP contribution >= 0.6 is 0 Å². The molecule has 2 aromatic carbocycles. The van der Waals surface area contributed by atoms with Gasteiger partial charge in [0.2, 0.25) is 0 Å². The highest BCUT2D eigenvalue weighted by Crippen LogP contribution is 2.23. The van der Waals surface area contributed by atoms with Crippen molar-refractivity contribution in [2.45, 2.75) is 26.3 Å². The van der Waals surface area contributed by atoms with Crippen LogP contribution in [0.2, 0.25) is 0 Å². The fraction of sp³-hybridized carbons (Fsp3) is 0.350. The molecule has 0 radical (unpaired) electrons. The summed E-state index contributed by atoms with van der Waals surface area (Å²) >= 11 is 0. The van der Waals surface area contributed by atoms with Crippen LogP contribution < -0.4 is 5.32 Å². The summed E-state index contributed by atoms with van der Waals surface area (Å²) in [4.78, 5) is 25.4. The molecule has 0 heterocycles. The second-order valence-electron chi connectivity index (χ2n) is 6.51. The largest absolute Gasteiger partial charge is 0.350 e. The van der Waals surface area contributed by atoms with Crippen LogP contribution in [0.5, 0.6) is 0 Å². The van der Waals surface area contributed by atoms with Gasteiger partial charge in [-0.3, -0.25) is 14.9 Å². The number of nitrogens with one attached hydrogen (secondary N) is 1. The van der Waals surface area contributed by atoms with Crippen molar-refractivity contribution >= 4 is 11.6 Å². The first kappa shape index (κ1) is 19.6. The third kappa shape index (κ3) is 4.46. The number of likely N-dealkylation sites (N-methyl/N-ethyl adjacent to an activating group) is 1. The minimum atomic E-state index is -0.503. The number of amides is 1. The zero-order chi connectivity index (χ0) is 19.3. The predicted molar refractivity (Wildman–Crippen MR) is 102 cm³/mol. The zero-order valence-electron chi connectivity index (χ0n) is 15.7. The van der Waals surface area contributed by atoms with Gasteiger partial charge < -0.3 is 10.2 Å². The van der Waals surface area contributed by atoms with Crippen LogP contribution in [-0.4, -0.2) is 36.4 Å². The SMILES string of the molecule is CCc1ccc([C@@H](CNC(=O)c2cccc(C)c2[N+](=O)[O-])N(C)C)cc1. The Morgan fingerprint density at radius 3 is 2.38 bits per heavy atom. The van der Waals surface area contributed by atoms with E-state index in [9.17, 15) is 14.9 Å². The molecular weight excluding hydrogens is 330 g/mol. The molecule has 0 aliphatic rings. The summed E-state index contributed by atoms with van der Waals surface area (Å²) in [6.07, 6.45) is 0.973. The van der Waals surface area contributed by atoms with Gasteiger partial charge >= 0.3 is 0 Å². The lowest BCUT2D eigenvalue weighted by Crippen LogP contribution is -2.34. The van der Waals surface area contributed by atoms with Crippen molar-refractivity contribution in [1.82, 2.24) is 10.2 Å². The number of hydrogen-bond donors (Lipinski definition) is 1. The van der Waals surface area contributed by atoms with E-state index in [1.54, 1.807) is 19.1 Å². The molecule has 26 heavy (non-hydrogen) atoms. The predicted octanol–water partition coefficient (Wildman–Crippen LogP) is 3.50. The second-order valence-corrected chi connectivity index (χ2v) is 6.51. The molecule has 0 saturated heterocycles. The maximum absolute atomic E-state index is 12.5. The van der Waals surface area contributed by atoms with Crippen LogP contribution in [0.15, 0.2) is 42.5 Å². The highest BCUT2D eigenvalue weighted by atomic mass is 16.6. The minimum absolute atomic E-state index is 0.0197. The molecule has 0 fully saturated rings. The Labute approximate surface area is 154 Å². The number of benzene rings is 2. The molecule has 0 aliphatic heterocycles. The molecule has 0 unspecified atom stereocenters. The average Bonchev–Trinajstić information content (AvgIpc) is 2.61. The Bertz CT molecular complexity index is 785. The Morgan fingerprint density at radius 2 is 1.85 bits per heavy atom. The first-order valence-electron chi connectivity index (χ1n) is 8.62. The van der Waals surface area contributed by atoms with Crippen LogP contribution in [0.25, 0.3) is 0 Å². The van der Waals surface area contributed by atoms with E-state index in [4.69, 9.17) is 0 Å². The van der Waals surface area contributed by atoms with Gasteiger partial charge in [-0.15, -0.1) is 0 Å². The molecule has 0 bridgehead atoms. The highest BCUT2D eigenvalue weighted by molar-refractivity contribution is 5.98. The summed E-state index contributed by atoms with van der Waals surface area (Å²) in [5, 5.41) is 14.1. The Balaban J connectivity index is 2.18. The van der Waals surface area contributed by atoms with Crippen molar-refractivity contribution in [2.24, 2.45) is 0 Å². The van der Waals surface area contributed by atoms with Crippen LogP contribution in [0.1, 0.15) is 40.0 Å². The van der Waals surface area contributed by atoms with E-state index in [-0.39, 0.29) is 17.3 Å². The standard InChI is InChI=1S/C20H25N3O3/c1-5-15-9-11-16(12-10-15)18(22(3)4)13-21-20(24)17-8-6-7-14(2)19(17)23(25)26/h6-12,18H,5,13H2,1-4H3,(H,21,24)/t18-/m1/s1. The number of nitro groups is 1. The van der Waals surface area contributed by atoms with Crippen LogP contribution in [-0.2, 0) is 6.42 Å². The number of para-hydroxylation sites is 1. The van der Waals surface area contributed by atoms with Crippen LogP contribution in [0.4, 0.5) is 5.69 Å². The maximum atomic E-state index is 12.5. The maximum Gasteiger partial charge on any atom is 0.285 e. The van der Waals surface area contributed by atoms with Gasteiger partial charge in [0.25, 0.3) is 11.6 Å². The van der Waals surface area contributed by atoms with E-state index in [1.807, 2.05) is 19.0 Å². The summed E-state index contributed by atoms with van der Waals surface area (Å²) in [6.45, 7) is 4.10. The molecule has 0 aromatic heterocycles. The van der Waals surface area contributed by atoms with Crippen molar-refractivity contribution < 1.29 is 9.72 Å². The molecule has 1 N–H and O–H groups in total. The average molecular weight is 355 g/mol. The number of nitrogens with zero attached hydrogens (tertiary/aromatic N) is 2. The molecule has 0 aliphatic carbocycles. The first-order chi connectivity index (χ1) is 12.3. The number of nitro benzene ring substituents is 1. The zero-order valence-corrected chi connectivity index (χ0v) is 15.7. The third-order valence-electron chi connectivity index (χ3n) is 4.52. The molecule has 0 saturated carbocycles. The number of carbonyl (C=O) groups excluding carboxylic acids is 1. The minimum Gasteiger partial charge on any atom is -0.350 e. The quantitative estimate of drug-likeness (QED) is 0.609. The van der Waals surface area contributed by atoms with E-state index >= 15 is 0 Å². The molecule has 0 spiro atoms. The van der Waals surface area contributed by atoms with Crippen molar-refractivity contribution in [3.8, 4) is 0 Å². The first-order valence-corrected chi connectivity index (χ1v) is 8.62. The van der Waals surface area contributed by atoms with Crippen molar-refractivity contribution in [3.05, 3.63) is 74.8 Å². The number of carbonyl (C=O) groups is 1. The van der Waals surface area contributed by atoms with Crippen LogP contribution in [0.3, 0.4) is 0 Å². The fourth-order valence-corrected chi connectivity index (χ4v) is 2.94. The van der Waals surface area contributed by atoms with Gasteiger partial charge in [-0.05, 0) is 44.6 Å². The molecule has 6 heteroatoms. The van der Waals surface area contributed by atoms with E-state index in [1.165, 1.54) is 11.6 Å². The van der Waals surface area contributed by atoms with Crippen molar-refractivity contribution in [2.75, 3.05) is 20.6 Å². The number of rotatable bonds is 7. The van der Waals surface area contributed by atoms with Gasteiger partial charge in [-0.1, -0.05) is 43.3 Å². The smallest absolute Gasteiger partial charge is 0.285 e. The molecular formula is C20H25N3O3. The van der Waals surface area contributed by atoms with Gasteiger partial charge in [-0.25, -0.2) is 0 Å². The lowest BCUT2D eigenvalue weighted by Gasteiger charge is -2.25. The normalized spacial score (nSPS) is 12.0. The topological polar surface area (TPSA) is 75.5 Å². The molecule has 138 valence electrons. The Hall–Kier alpha value is -2.73. The fourth-order valence-electron chi connectivity index (χ4n) is 2.94. The lowest BCUT2D eigenvalue weighted by atomic mass is 10.0. The molecule has 2 rings (SSSR count). The molecule has 6 nitrogen and oxygen atoms in total. The third-order valence-corrected chi connectivity index (χ3v) is 4.52. The summed E-state index contributed by atoms with van der Waals surface area (Å²) in [7, 11) is 3.89. The molecule has 1 amide bonds. The highest BCUT2D eigenvalue weighted by Gasteiger charge is 2.23. The van der Waals surface area contributed by atoms with Gasteiger partial charge in [0.1, 0.15) is 5.56 Å². The number of hydrogen-bond acceptors (Lipinski definition) is 4. The van der Waals surface area contributed by atoms with Gasteiger partial charge in [-0.2, -0.15) is 0 Å².